The lowest BCUT2D eigenvalue weighted by Gasteiger charge is -2.33. The summed E-state index contributed by atoms with van der Waals surface area (Å²) < 4.78 is 7.76. The lowest BCUT2D eigenvalue weighted by molar-refractivity contribution is -0.130. The van der Waals surface area contributed by atoms with Gasteiger partial charge in [-0.05, 0) is 32.0 Å². The fourth-order valence-corrected chi connectivity index (χ4v) is 3.41. The Kier molecular flexibility index (Phi) is 6.29. The number of nitrogens with zero attached hydrogens (tertiary/aromatic N) is 4. The zero-order valence-electron chi connectivity index (χ0n) is 15.8. The summed E-state index contributed by atoms with van der Waals surface area (Å²) in [6.45, 7) is 10.3. The number of carbonyl (C=O) groups is 1. The molecule has 0 N–H and O–H groups in total. The van der Waals surface area contributed by atoms with E-state index in [0.29, 0.717) is 22.5 Å². The predicted octanol–water partition coefficient (Wildman–Crippen LogP) is 3.34. The highest BCUT2D eigenvalue weighted by molar-refractivity contribution is 6.42. The van der Waals surface area contributed by atoms with Crippen molar-refractivity contribution in [2.75, 3.05) is 39.3 Å². The third kappa shape index (κ3) is 4.57. The largest absolute Gasteiger partial charge is 0.475 e. The van der Waals surface area contributed by atoms with Crippen molar-refractivity contribution in [2.45, 2.75) is 20.8 Å². The highest BCUT2D eigenvalue weighted by Gasteiger charge is 2.19. The SMILES string of the molecule is CC(=O)N1CCN(CCOc2nn(-c3ccc(Cl)c(Cl)c3)c(C)c2C)CC1. The van der Waals surface area contributed by atoms with Crippen LogP contribution in [0.5, 0.6) is 5.88 Å². The Bertz CT molecular complexity index is 829. The number of ether oxygens (including phenoxy) is 1. The second kappa shape index (κ2) is 8.50. The van der Waals surface area contributed by atoms with Gasteiger partial charge in [-0.25, -0.2) is 4.68 Å². The second-order valence-corrected chi connectivity index (χ2v) is 7.54. The number of hydrogen-bond acceptors (Lipinski definition) is 4. The Morgan fingerprint density at radius 3 is 2.48 bits per heavy atom. The summed E-state index contributed by atoms with van der Waals surface area (Å²) in [6.07, 6.45) is 0. The Morgan fingerprint density at radius 2 is 1.85 bits per heavy atom. The number of rotatable bonds is 5. The van der Waals surface area contributed by atoms with Crippen molar-refractivity contribution in [3.05, 3.63) is 39.5 Å². The molecule has 2 heterocycles. The van der Waals surface area contributed by atoms with E-state index in [1.807, 2.05) is 29.5 Å². The van der Waals surface area contributed by atoms with Gasteiger partial charge in [-0.15, -0.1) is 5.10 Å². The predicted molar refractivity (Wildman–Crippen MR) is 107 cm³/mol. The molecule has 0 radical (unpaired) electrons. The van der Waals surface area contributed by atoms with Crippen molar-refractivity contribution in [1.29, 1.82) is 0 Å². The van der Waals surface area contributed by atoms with E-state index in [2.05, 4.69) is 10.00 Å². The van der Waals surface area contributed by atoms with E-state index < -0.39 is 0 Å². The van der Waals surface area contributed by atoms with Gasteiger partial charge in [0.25, 0.3) is 0 Å². The van der Waals surface area contributed by atoms with Crippen molar-refractivity contribution >= 4 is 29.1 Å². The van der Waals surface area contributed by atoms with Crippen LogP contribution in [-0.4, -0.2) is 64.8 Å². The fraction of sp³-hybridized carbons (Fsp3) is 0.474. The van der Waals surface area contributed by atoms with Crippen molar-refractivity contribution in [3.63, 3.8) is 0 Å². The van der Waals surface area contributed by atoms with E-state index >= 15 is 0 Å². The Labute approximate surface area is 169 Å². The molecule has 1 amide bonds. The first-order valence-corrected chi connectivity index (χ1v) is 9.74. The number of halogens is 2. The highest BCUT2D eigenvalue weighted by Crippen LogP contribution is 2.28. The molecule has 0 bridgehead atoms. The molecular weight excluding hydrogens is 387 g/mol. The van der Waals surface area contributed by atoms with E-state index in [0.717, 1.165) is 49.7 Å². The number of hydrogen-bond donors (Lipinski definition) is 0. The highest BCUT2D eigenvalue weighted by atomic mass is 35.5. The van der Waals surface area contributed by atoms with Gasteiger partial charge in [-0.1, -0.05) is 23.2 Å². The molecule has 1 aromatic carbocycles. The lowest BCUT2D eigenvalue weighted by Crippen LogP contribution is -2.48. The zero-order chi connectivity index (χ0) is 19.6. The standard InChI is InChI=1S/C19H24Cl2N4O2/c1-13-14(2)25(16-4-5-17(20)18(21)12-16)22-19(13)27-11-10-23-6-8-24(9-7-23)15(3)26/h4-5,12H,6-11H2,1-3H3. The number of piperazine rings is 1. The summed E-state index contributed by atoms with van der Waals surface area (Å²) in [5.41, 5.74) is 2.85. The van der Waals surface area contributed by atoms with E-state index in [-0.39, 0.29) is 5.91 Å². The first-order chi connectivity index (χ1) is 12.9. The first kappa shape index (κ1) is 20.0. The maximum Gasteiger partial charge on any atom is 0.236 e. The molecule has 0 spiro atoms. The Balaban J connectivity index is 1.60. The van der Waals surface area contributed by atoms with E-state index in [1.165, 1.54) is 0 Å². The second-order valence-electron chi connectivity index (χ2n) is 6.72. The summed E-state index contributed by atoms with van der Waals surface area (Å²) in [5, 5.41) is 5.60. The van der Waals surface area contributed by atoms with Gasteiger partial charge >= 0.3 is 0 Å². The van der Waals surface area contributed by atoms with Crippen molar-refractivity contribution < 1.29 is 9.53 Å². The maximum atomic E-state index is 11.4. The minimum atomic E-state index is 0.143. The van der Waals surface area contributed by atoms with Gasteiger partial charge in [0.1, 0.15) is 6.61 Å². The molecule has 8 heteroatoms. The van der Waals surface area contributed by atoms with Crippen LogP contribution < -0.4 is 4.74 Å². The van der Waals surface area contributed by atoms with Gasteiger partial charge < -0.3 is 9.64 Å². The van der Waals surface area contributed by atoms with E-state index in [9.17, 15) is 4.79 Å². The van der Waals surface area contributed by atoms with Gasteiger partial charge in [0.05, 0.1) is 15.7 Å². The summed E-state index contributed by atoms with van der Waals surface area (Å²) in [5.74, 6) is 0.769. The summed E-state index contributed by atoms with van der Waals surface area (Å²) in [7, 11) is 0. The maximum absolute atomic E-state index is 11.4. The third-order valence-electron chi connectivity index (χ3n) is 4.98. The van der Waals surface area contributed by atoms with E-state index in [4.69, 9.17) is 27.9 Å². The monoisotopic (exact) mass is 410 g/mol. The number of benzene rings is 1. The Morgan fingerprint density at radius 1 is 1.15 bits per heavy atom. The quantitative estimate of drug-likeness (QED) is 0.758. The summed E-state index contributed by atoms with van der Waals surface area (Å²) in [4.78, 5) is 15.6. The first-order valence-electron chi connectivity index (χ1n) is 8.99. The van der Waals surface area contributed by atoms with Gasteiger partial charge in [-0.2, -0.15) is 0 Å². The minimum absolute atomic E-state index is 0.143. The van der Waals surface area contributed by atoms with Crippen LogP contribution in [-0.2, 0) is 4.79 Å². The molecular formula is C19H24Cl2N4O2. The molecule has 1 aliphatic heterocycles. The molecule has 0 aliphatic carbocycles. The van der Waals surface area contributed by atoms with Crippen LogP contribution in [0.1, 0.15) is 18.2 Å². The molecule has 1 fully saturated rings. The molecule has 6 nitrogen and oxygen atoms in total. The molecule has 1 aliphatic rings. The van der Waals surface area contributed by atoms with Gasteiger partial charge in [0.15, 0.2) is 0 Å². The zero-order valence-corrected chi connectivity index (χ0v) is 17.3. The molecule has 1 aromatic heterocycles. The van der Waals surface area contributed by atoms with Crippen LogP contribution in [0.3, 0.4) is 0 Å². The average Bonchev–Trinajstić information content (AvgIpc) is 2.93. The van der Waals surface area contributed by atoms with Gasteiger partial charge in [0, 0.05) is 50.9 Å². The lowest BCUT2D eigenvalue weighted by atomic mass is 10.2. The van der Waals surface area contributed by atoms with Crippen LogP contribution >= 0.6 is 23.2 Å². The number of carbonyl (C=O) groups excluding carboxylic acids is 1. The molecule has 3 rings (SSSR count). The average molecular weight is 411 g/mol. The molecule has 146 valence electrons. The smallest absolute Gasteiger partial charge is 0.236 e. The third-order valence-corrected chi connectivity index (χ3v) is 5.72. The van der Waals surface area contributed by atoms with Gasteiger partial charge in [0.2, 0.25) is 11.8 Å². The molecule has 0 saturated carbocycles. The Hall–Kier alpha value is -1.76. The van der Waals surface area contributed by atoms with Crippen LogP contribution in [0, 0.1) is 13.8 Å². The van der Waals surface area contributed by atoms with E-state index in [1.54, 1.807) is 19.1 Å². The van der Waals surface area contributed by atoms with Crippen LogP contribution in [0.15, 0.2) is 18.2 Å². The topological polar surface area (TPSA) is 50.6 Å². The van der Waals surface area contributed by atoms with Crippen molar-refractivity contribution in [3.8, 4) is 11.6 Å². The molecule has 27 heavy (non-hydrogen) atoms. The molecule has 0 atom stereocenters. The summed E-state index contributed by atoms with van der Waals surface area (Å²) in [6, 6.07) is 5.43. The molecule has 1 saturated heterocycles. The number of aromatic nitrogens is 2. The van der Waals surface area contributed by atoms with Crippen molar-refractivity contribution in [1.82, 2.24) is 19.6 Å². The minimum Gasteiger partial charge on any atom is -0.475 e. The fourth-order valence-electron chi connectivity index (χ4n) is 3.12. The van der Waals surface area contributed by atoms with Crippen LogP contribution in [0.2, 0.25) is 10.0 Å². The summed E-state index contributed by atoms with van der Waals surface area (Å²) >= 11 is 12.1. The number of amides is 1. The van der Waals surface area contributed by atoms with Crippen molar-refractivity contribution in [2.24, 2.45) is 0 Å². The molecule has 2 aromatic rings. The van der Waals surface area contributed by atoms with Gasteiger partial charge in [-0.3, -0.25) is 9.69 Å². The van der Waals surface area contributed by atoms with Crippen LogP contribution in [0.4, 0.5) is 0 Å². The normalized spacial score (nSPS) is 15.2. The molecule has 0 unspecified atom stereocenters. The van der Waals surface area contributed by atoms with Crippen LogP contribution in [0.25, 0.3) is 5.69 Å².